The third-order valence-electron chi connectivity index (χ3n) is 7.85. The Bertz CT molecular complexity index is 1200. The van der Waals surface area contributed by atoms with Gasteiger partial charge in [-0.05, 0) is 49.9 Å². The number of benzene rings is 3. The summed E-state index contributed by atoms with van der Waals surface area (Å²) in [6, 6.07) is 28.0. The molecule has 2 aliphatic rings. The van der Waals surface area contributed by atoms with E-state index in [0.717, 1.165) is 42.7 Å². The van der Waals surface area contributed by atoms with Crippen molar-refractivity contribution in [1.29, 1.82) is 0 Å². The van der Waals surface area contributed by atoms with Gasteiger partial charge in [0.25, 0.3) is 0 Å². The summed E-state index contributed by atoms with van der Waals surface area (Å²) in [6.07, 6.45) is 1.66. The van der Waals surface area contributed by atoms with Gasteiger partial charge in [0, 0.05) is 24.3 Å². The quantitative estimate of drug-likeness (QED) is 0.223. The Labute approximate surface area is 220 Å². The van der Waals surface area contributed by atoms with Crippen LogP contribution in [0.4, 0.5) is 5.69 Å². The molecule has 192 valence electrons. The zero-order valence-corrected chi connectivity index (χ0v) is 21.8. The summed E-state index contributed by atoms with van der Waals surface area (Å²) in [7, 11) is 0. The minimum Gasteiger partial charge on any atom is -0.460 e. The third kappa shape index (κ3) is 5.94. The third-order valence-corrected chi connectivity index (χ3v) is 7.85. The van der Waals surface area contributed by atoms with Gasteiger partial charge in [-0.3, -0.25) is 14.5 Å². The maximum atomic E-state index is 13.8. The first kappa shape index (κ1) is 25.2. The molecule has 0 bridgehead atoms. The second-order valence-corrected chi connectivity index (χ2v) is 10.4. The maximum Gasteiger partial charge on any atom is 0.315 e. The number of aryl methyl sites for hydroxylation is 1. The molecular formula is C32H36N2O3. The molecule has 2 saturated heterocycles. The van der Waals surface area contributed by atoms with Gasteiger partial charge in [-0.15, -0.1) is 0 Å². The number of ketones is 1. The zero-order chi connectivity index (χ0) is 25.8. The number of nitrogens with zero attached hydrogens (tertiary/aromatic N) is 2. The van der Waals surface area contributed by atoms with E-state index in [9.17, 15) is 9.59 Å². The Morgan fingerprint density at radius 1 is 0.919 bits per heavy atom. The highest BCUT2D eigenvalue weighted by Crippen LogP contribution is 2.39. The van der Waals surface area contributed by atoms with E-state index >= 15 is 0 Å². The van der Waals surface area contributed by atoms with Crippen molar-refractivity contribution in [2.45, 2.75) is 44.8 Å². The molecule has 4 atom stereocenters. The molecule has 37 heavy (non-hydrogen) atoms. The Morgan fingerprint density at radius 3 is 2.27 bits per heavy atom. The summed E-state index contributed by atoms with van der Waals surface area (Å²) in [5.41, 5.74) is 4.08. The number of rotatable bonds is 9. The minimum atomic E-state index is -0.346. The monoisotopic (exact) mass is 496 g/mol. The van der Waals surface area contributed by atoms with E-state index < -0.39 is 0 Å². The predicted octanol–water partition coefficient (Wildman–Crippen LogP) is 5.49. The van der Waals surface area contributed by atoms with Crippen molar-refractivity contribution in [3.8, 4) is 0 Å². The van der Waals surface area contributed by atoms with Crippen LogP contribution in [0, 0.1) is 12.8 Å². The SMILES string of the molecule is CCC1CCN(CC(=O)c2ccccc2)CC1OC(=O)C(c1ccccc1)C1CN1c1ccc(C)cc1. The average molecular weight is 497 g/mol. The second-order valence-electron chi connectivity index (χ2n) is 10.4. The van der Waals surface area contributed by atoms with Crippen molar-refractivity contribution in [3.63, 3.8) is 0 Å². The van der Waals surface area contributed by atoms with Crippen LogP contribution in [0.2, 0.25) is 0 Å². The lowest BCUT2D eigenvalue weighted by molar-refractivity contribution is -0.157. The van der Waals surface area contributed by atoms with Crippen LogP contribution in [0.5, 0.6) is 0 Å². The van der Waals surface area contributed by atoms with Crippen molar-refractivity contribution < 1.29 is 14.3 Å². The number of carbonyl (C=O) groups is 2. The van der Waals surface area contributed by atoms with Crippen LogP contribution in [0.15, 0.2) is 84.9 Å². The molecule has 5 rings (SSSR count). The van der Waals surface area contributed by atoms with Crippen LogP contribution >= 0.6 is 0 Å². The number of anilines is 1. The van der Waals surface area contributed by atoms with Crippen molar-refractivity contribution in [3.05, 3.63) is 102 Å². The molecule has 5 heteroatoms. The molecule has 0 aliphatic carbocycles. The Hall–Kier alpha value is -3.44. The van der Waals surface area contributed by atoms with Crippen LogP contribution in [-0.4, -0.2) is 55.0 Å². The number of hydrogen-bond donors (Lipinski definition) is 0. The molecule has 0 saturated carbocycles. The van der Waals surface area contributed by atoms with Gasteiger partial charge in [-0.25, -0.2) is 0 Å². The topological polar surface area (TPSA) is 49.6 Å². The molecule has 3 aromatic rings. The fraction of sp³-hybridized carbons (Fsp3) is 0.375. The molecule has 2 heterocycles. The highest BCUT2D eigenvalue weighted by molar-refractivity contribution is 5.97. The molecule has 0 aromatic heterocycles. The fourth-order valence-corrected chi connectivity index (χ4v) is 5.56. The van der Waals surface area contributed by atoms with Gasteiger partial charge >= 0.3 is 5.97 Å². The number of carbonyl (C=O) groups excluding carboxylic acids is 2. The Morgan fingerprint density at radius 2 is 1.59 bits per heavy atom. The first-order chi connectivity index (χ1) is 18.0. The lowest BCUT2D eigenvalue weighted by Gasteiger charge is -2.38. The summed E-state index contributed by atoms with van der Waals surface area (Å²) in [6.45, 7) is 6.86. The van der Waals surface area contributed by atoms with E-state index in [0.29, 0.717) is 19.0 Å². The van der Waals surface area contributed by atoms with Gasteiger partial charge in [0.15, 0.2) is 5.78 Å². The largest absolute Gasteiger partial charge is 0.460 e. The van der Waals surface area contributed by atoms with Crippen LogP contribution < -0.4 is 4.90 Å². The molecule has 0 amide bonds. The van der Waals surface area contributed by atoms with Crippen molar-refractivity contribution >= 4 is 17.4 Å². The lowest BCUT2D eigenvalue weighted by Crippen LogP contribution is -2.48. The van der Waals surface area contributed by atoms with Crippen LogP contribution in [0.1, 0.15) is 47.2 Å². The van der Waals surface area contributed by atoms with Gasteiger partial charge in [-0.2, -0.15) is 0 Å². The van der Waals surface area contributed by atoms with Crippen LogP contribution in [0.3, 0.4) is 0 Å². The van der Waals surface area contributed by atoms with Crippen LogP contribution in [0.25, 0.3) is 0 Å². The molecule has 0 spiro atoms. The number of hydrogen-bond acceptors (Lipinski definition) is 5. The minimum absolute atomic E-state index is 0.0806. The summed E-state index contributed by atoms with van der Waals surface area (Å²) in [5.74, 6) is -0.0998. The van der Waals surface area contributed by atoms with Crippen molar-refractivity contribution in [2.24, 2.45) is 5.92 Å². The summed E-state index contributed by atoms with van der Waals surface area (Å²) >= 11 is 0. The molecule has 0 radical (unpaired) electrons. The number of piperidine rings is 1. The van der Waals surface area contributed by atoms with Gasteiger partial charge in [-0.1, -0.05) is 85.3 Å². The van der Waals surface area contributed by atoms with E-state index in [-0.39, 0.29) is 29.8 Å². The number of esters is 1. The highest BCUT2D eigenvalue weighted by Gasteiger charge is 2.47. The summed E-state index contributed by atoms with van der Waals surface area (Å²) in [4.78, 5) is 31.0. The number of ether oxygens (including phenoxy) is 1. The maximum absolute atomic E-state index is 13.8. The van der Waals surface area contributed by atoms with E-state index in [1.165, 1.54) is 5.56 Å². The first-order valence-electron chi connectivity index (χ1n) is 13.4. The van der Waals surface area contributed by atoms with E-state index in [1.807, 2.05) is 60.7 Å². The average Bonchev–Trinajstić information content (AvgIpc) is 3.71. The summed E-state index contributed by atoms with van der Waals surface area (Å²) < 4.78 is 6.31. The molecule has 2 fully saturated rings. The summed E-state index contributed by atoms with van der Waals surface area (Å²) in [5, 5.41) is 0. The van der Waals surface area contributed by atoms with Gasteiger partial charge in [0.05, 0.1) is 12.6 Å². The first-order valence-corrected chi connectivity index (χ1v) is 13.4. The smallest absolute Gasteiger partial charge is 0.315 e. The van der Waals surface area contributed by atoms with E-state index in [2.05, 4.69) is 47.9 Å². The molecule has 5 nitrogen and oxygen atoms in total. The van der Waals surface area contributed by atoms with Crippen molar-refractivity contribution in [2.75, 3.05) is 31.1 Å². The molecule has 3 aromatic carbocycles. The number of Topliss-reactive ketones (excluding diaryl/α,β-unsaturated/α-hetero) is 1. The molecule has 0 N–H and O–H groups in total. The van der Waals surface area contributed by atoms with Gasteiger partial charge in [0.2, 0.25) is 0 Å². The molecule has 2 aliphatic heterocycles. The van der Waals surface area contributed by atoms with Crippen molar-refractivity contribution in [1.82, 2.24) is 4.90 Å². The highest BCUT2D eigenvalue weighted by atomic mass is 16.5. The normalized spacial score (nSPS) is 22.3. The Kier molecular flexibility index (Phi) is 7.71. The van der Waals surface area contributed by atoms with Gasteiger partial charge in [0.1, 0.15) is 12.0 Å². The van der Waals surface area contributed by atoms with Crippen LogP contribution in [-0.2, 0) is 9.53 Å². The Balaban J connectivity index is 1.30. The molecular weight excluding hydrogens is 460 g/mol. The fourth-order valence-electron chi connectivity index (χ4n) is 5.56. The second kappa shape index (κ2) is 11.3. The molecule has 4 unspecified atom stereocenters. The lowest BCUT2D eigenvalue weighted by atomic mass is 9.90. The number of likely N-dealkylation sites (tertiary alicyclic amines) is 1. The predicted molar refractivity (Wildman–Crippen MR) is 147 cm³/mol. The zero-order valence-electron chi connectivity index (χ0n) is 21.8. The standard InChI is InChI=1S/C32H36N2O3/c1-3-24-18-19-33(21-29(35)25-10-6-4-7-11-25)22-30(24)37-32(36)31(26-12-8-5-9-13-26)28-20-34(28)27-16-14-23(2)15-17-27/h4-17,24,28,30-31H,3,18-22H2,1-2H3. The van der Waals surface area contributed by atoms with E-state index in [1.54, 1.807) is 0 Å². The van der Waals surface area contributed by atoms with Gasteiger partial charge < -0.3 is 9.64 Å². The van der Waals surface area contributed by atoms with E-state index in [4.69, 9.17) is 4.74 Å².